The molecule has 2 aromatic carbocycles. The van der Waals surface area contributed by atoms with Crippen LogP contribution in [0, 0.1) is 0 Å². The second-order valence-corrected chi connectivity index (χ2v) is 7.24. The Labute approximate surface area is 162 Å². The molecule has 146 valence electrons. The molecule has 0 aliphatic heterocycles. The Balaban J connectivity index is 2.25. The molecule has 0 aliphatic carbocycles. The molecule has 4 nitrogen and oxygen atoms in total. The van der Waals surface area contributed by atoms with Crippen molar-refractivity contribution in [2.45, 2.75) is 52.9 Å². The lowest BCUT2D eigenvalue weighted by molar-refractivity contribution is -0.143. The summed E-state index contributed by atoms with van der Waals surface area (Å²) in [7, 11) is 0. The van der Waals surface area contributed by atoms with Crippen LogP contribution >= 0.6 is 0 Å². The standard InChI is InChI=1S/C23H30O4/c1-6-26-23(25)11-12-27-22-10-8-18(14-20(22)16(4)5)17-7-9-21(24)19(13-17)15(2)3/h7-10,13-16,24H,6,11-12H2,1-5H3. The fourth-order valence-corrected chi connectivity index (χ4v) is 2.98. The van der Waals surface area contributed by atoms with E-state index in [2.05, 4.69) is 33.8 Å². The number of phenols is 1. The molecule has 0 saturated heterocycles. The lowest BCUT2D eigenvalue weighted by atomic mass is 9.93. The van der Waals surface area contributed by atoms with Gasteiger partial charge in [0.05, 0.1) is 19.6 Å². The van der Waals surface area contributed by atoms with Crippen molar-refractivity contribution in [1.29, 1.82) is 0 Å². The van der Waals surface area contributed by atoms with E-state index in [1.165, 1.54) is 0 Å². The Morgan fingerprint density at radius 2 is 1.56 bits per heavy atom. The largest absolute Gasteiger partial charge is 0.508 e. The second kappa shape index (κ2) is 9.45. The summed E-state index contributed by atoms with van der Waals surface area (Å²) in [6.45, 7) is 10.9. The molecular weight excluding hydrogens is 340 g/mol. The summed E-state index contributed by atoms with van der Waals surface area (Å²) in [6.07, 6.45) is 0.239. The Morgan fingerprint density at radius 1 is 0.963 bits per heavy atom. The molecule has 2 aromatic rings. The summed E-state index contributed by atoms with van der Waals surface area (Å²) in [6, 6.07) is 11.8. The van der Waals surface area contributed by atoms with Gasteiger partial charge in [0.25, 0.3) is 0 Å². The molecule has 0 saturated carbocycles. The number of carbonyl (C=O) groups excluding carboxylic acids is 1. The highest BCUT2D eigenvalue weighted by atomic mass is 16.5. The van der Waals surface area contributed by atoms with Gasteiger partial charge in [0.15, 0.2) is 0 Å². The van der Waals surface area contributed by atoms with Crippen LogP contribution in [-0.4, -0.2) is 24.3 Å². The molecule has 0 bridgehead atoms. The van der Waals surface area contributed by atoms with Gasteiger partial charge in [-0.25, -0.2) is 0 Å². The average molecular weight is 370 g/mol. The molecule has 0 unspecified atom stereocenters. The number of hydrogen-bond acceptors (Lipinski definition) is 4. The van der Waals surface area contributed by atoms with Gasteiger partial charge in [0.1, 0.15) is 11.5 Å². The third kappa shape index (κ3) is 5.49. The van der Waals surface area contributed by atoms with Crippen molar-refractivity contribution in [3.8, 4) is 22.6 Å². The highest BCUT2D eigenvalue weighted by Gasteiger charge is 2.13. The minimum Gasteiger partial charge on any atom is -0.508 e. The third-order valence-electron chi connectivity index (χ3n) is 4.48. The van der Waals surface area contributed by atoms with Gasteiger partial charge >= 0.3 is 5.97 Å². The number of hydrogen-bond donors (Lipinski definition) is 1. The molecule has 0 amide bonds. The van der Waals surface area contributed by atoms with Crippen molar-refractivity contribution in [2.75, 3.05) is 13.2 Å². The zero-order valence-corrected chi connectivity index (χ0v) is 16.9. The molecule has 27 heavy (non-hydrogen) atoms. The number of benzene rings is 2. The van der Waals surface area contributed by atoms with E-state index in [4.69, 9.17) is 9.47 Å². The first-order valence-electron chi connectivity index (χ1n) is 9.59. The molecule has 0 radical (unpaired) electrons. The smallest absolute Gasteiger partial charge is 0.309 e. The number of phenolic OH excluding ortho intramolecular Hbond substituents is 1. The highest BCUT2D eigenvalue weighted by Crippen LogP contribution is 2.35. The van der Waals surface area contributed by atoms with Gasteiger partial charge in [0, 0.05) is 0 Å². The van der Waals surface area contributed by atoms with Crippen LogP contribution in [0.5, 0.6) is 11.5 Å². The maximum absolute atomic E-state index is 11.5. The van der Waals surface area contributed by atoms with E-state index in [0.717, 1.165) is 28.0 Å². The Bertz CT molecular complexity index is 778. The van der Waals surface area contributed by atoms with Crippen molar-refractivity contribution in [3.63, 3.8) is 0 Å². The van der Waals surface area contributed by atoms with E-state index in [-0.39, 0.29) is 24.2 Å². The van der Waals surface area contributed by atoms with Crippen LogP contribution in [0.1, 0.15) is 64.0 Å². The molecule has 0 fully saturated rings. The molecule has 1 N–H and O–H groups in total. The van der Waals surface area contributed by atoms with Crippen molar-refractivity contribution in [3.05, 3.63) is 47.5 Å². The first-order chi connectivity index (χ1) is 12.8. The van der Waals surface area contributed by atoms with Gasteiger partial charge in [-0.3, -0.25) is 4.79 Å². The lowest BCUT2D eigenvalue weighted by Gasteiger charge is -2.17. The van der Waals surface area contributed by atoms with Crippen molar-refractivity contribution in [1.82, 2.24) is 0 Å². The first kappa shape index (κ1) is 20.8. The Morgan fingerprint density at radius 3 is 2.15 bits per heavy atom. The van der Waals surface area contributed by atoms with Crippen molar-refractivity contribution < 1.29 is 19.4 Å². The monoisotopic (exact) mass is 370 g/mol. The van der Waals surface area contributed by atoms with Crippen LogP contribution in [-0.2, 0) is 9.53 Å². The third-order valence-corrected chi connectivity index (χ3v) is 4.48. The van der Waals surface area contributed by atoms with Crippen molar-refractivity contribution >= 4 is 5.97 Å². The van der Waals surface area contributed by atoms with Crippen LogP contribution in [0.3, 0.4) is 0 Å². The van der Waals surface area contributed by atoms with Gasteiger partial charge in [-0.15, -0.1) is 0 Å². The fourth-order valence-electron chi connectivity index (χ4n) is 2.98. The maximum atomic E-state index is 11.5. The number of esters is 1. The summed E-state index contributed by atoms with van der Waals surface area (Å²) < 4.78 is 10.8. The minimum absolute atomic E-state index is 0.239. The maximum Gasteiger partial charge on any atom is 0.309 e. The van der Waals surface area contributed by atoms with Gasteiger partial charge in [-0.05, 0) is 65.3 Å². The summed E-state index contributed by atoms with van der Waals surface area (Å²) in [5, 5.41) is 10.1. The predicted molar refractivity (Wildman–Crippen MR) is 108 cm³/mol. The molecule has 0 heterocycles. The molecule has 4 heteroatoms. The SMILES string of the molecule is CCOC(=O)CCOc1ccc(-c2ccc(O)c(C(C)C)c2)cc1C(C)C. The van der Waals surface area contributed by atoms with E-state index >= 15 is 0 Å². The minimum atomic E-state index is -0.245. The lowest BCUT2D eigenvalue weighted by Crippen LogP contribution is -2.10. The van der Waals surface area contributed by atoms with Crippen LogP contribution in [0.15, 0.2) is 36.4 Å². The summed E-state index contributed by atoms with van der Waals surface area (Å²) in [5.74, 6) is 1.41. The zero-order chi connectivity index (χ0) is 20.0. The van der Waals surface area contributed by atoms with Crippen molar-refractivity contribution in [2.24, 2.45) is 0 Å². The van der Waals surface area contributed by atoms with Gasteiger partial charge in [-0.1, -0.05) is 39.8 Å². The Hall–Kier alpha value is -2.49. The quantitative estimate of drug-likeness (QED) is 0.611. The van der Waals surface area contributed by atoms with Gasteiger partial charge in [0.2, 0.25) is 0 Å². The summed E-state index contributed by atoms with van der Waals surface area (Å²) in [5.41, 5.74) is 4.18. The second-order valence-electron chi connectivity index (χ2n) is 7.24. The van der Waals surface area contributed by atoms with Gasteiger partial charge < -0.3 is 14.6 Å². The summed E-state index contributed by atoms with van der Waals surface area (Å²) in [4.78, 5) is 11.5. The average Bonchev–Trinajstić information content (AvgIpc) is 2.62. The molecular formula is C23H30O4. The van der Waals surface area contributed by atoms with E-state index < -0.39 is 0 Å². The normalized spacial score (nSPS) is 11.1. The zero-order valence-electron chi connectivity index (χ0n) is 16.9. The fraction of sp³-hybridized carbons (Fsp3) is 0.435. The Kier molecular flexibility index (Phi) is 7.28. The molecule has 0 aromatic heterocycles. The number of ether oxygens (including phenoxy) is 2. The first-order valence-corrected chi connectivity index (χ1v) is 9.59. The van der Waals surface area contributed by atoms with Crippen LogP contribution in [0.2, 0.25) is 0 Å². The molecule has 0 aliphatic rings. The van der Waals surface area contributed by atoms with E-state index in [1.807, 2.05) is 24.3 Å². The number of carbonyl (C=O) groups is 1. The van der Waals surface area contributed by atoms with Crippen LogP contribution in [0.4, 0.5) is 0 Å². The highest BCUT2D eigenvalue weighted by molar-refractivity contribution is 5.70. The van der Waals surface area contributed by atoms with Crippen LogP contribution in [0.25, 0.3) is 11.1 Å². The summed E-state index contributed by atoms with van der Waals surface area (Å²) >= 11 is 0. The predicted octanol–water partition coefficient (Wildman–Crippen LogP) is 5.64. The van der Waals surface area contributed by atoms with E-state index in [9.17, 15) is 9.90 Å². The molecule has 2 rings (SSSR count). The van der Waals surface area contributed by atoms with E-state index in [0.29, 0.717) is 19.0 Å². The van der Waals surface area contributed by atoms with E-state index in [1.54, 1.807) is 13.0 Å². The number of aromatic hydroxyl groups is 1. The van der Waals surface area contributed by atoms with Crippen LogP contribution < -0.4 is 4.74 Å². The van der Waals surface area contributed by atoms with Gasteiger partial charge in [-0.2, -0.15) is 0 Å². The molecule has 0 spiro atoms. The number of rotatable bonds is 8. The molecule has 0 atom stereocenters. The topological polar surface area (TPSA) is 55.8 Å².